The van der Waals surface area contributed by atoms with E-state index in [9.17, 15) is 38.4 Å². The molecule has 0 spiro atoms. The zero-order valence-electron chi connectivity index (χ0n) is 52.0. The van der Waals surface area contributed by atoms with Crippen molar-refractivity contribution in [3.63, 3.8) is 0 Å². The molecule has 4 aromatic heterocycles. The topological polar surface area (TPSA) is 272 Å². The normalized spacial score (nSPS) is 15.0. The lowest BCUT2D eigenvalue weighted by Crippen LogP contribution is -2.44. The smallest absolute Gasteiger partial charge is 0.281 e. The Morgan fingerprint density at radius 3 is 1.15 bits per heavy atom. The summed E-state index contributed by atoms with van der Waals surface area (Å²) >= 11 is 0. The number of amides is 6. The first kappa shape index (κ1) is 60.1. The van der Waals surface area contributed by atoms with Gasteiger partial charge in [0.1, 0.15) is 0 Å². The fourth-order valence-corrected chi connectivity index (χ4v) is 14.9. The first-order valence-corrected chi connectivity index (χ1v) is 32.5. The van der Waals surface area contributed by atoms with Crippen LogP contribution >= 0.6 is 0 Å². The van der Waals surface area contributed by atoms with Crippen LogP contribution in [-0.4, -0.2) is 78.5 Å². The highest BCUT2D eigenvalue weighted by molar-refractivity contribution is 6.40. The number of hydrogen-bond donors (Lipinski definition) is 0. The molecular formula is C73H60N8O14. The predicted molar refractivity (Wildman–Crippen MR) is 360 cm³/mol. The lowest BCUT2D eigenvalue weighted by atomic mass is 9.85. The molecule has 0 N–H and O–H groups in total. The Morgan fingerprint density at radius 2 is 0.684 bits per heavy atom. The summed E-state index contributed by atoms with van der Waals surface area (Å²) < 4.78 is 2.25. The molecule has 0 saturated carbocycles. The third kappa shape index (κ3) is 8.96. The molecule has 4 aliphatic rings. The highest BCUT2D eigenvalue weighted by atomic mass is 16.2. The first-order chi connectivity index (χ1) is 45.9. The number of fused-ring (bicyclic) bond motifs is 4. The molecule has 95 heavy (non-hydrogen) atoms. The van der Waals surface area contributed by atoms with Gasteiger partial charge in [0.2, 0.25) is 0 Å². The number of piperidine rings is 1. The number of imide groups is 3. The van der Waals surface area contributed by atoms with Crippen molar-refractivity contribution in [3.05, 3.63) is 213 Å². The lowest BCUT2D eigenvalue weighted by molar-refractivity contribution is 0.0605. The quantitative estimate of drug-likeness (QED) is 0.0541. The summed E-state index contributed by atoms with van der Waals surface area (Å²) in [6.07, 6.45) is 13.8. The molecule has 0 atom stereocenters. The van der Waals surface area contributed by atoms with E-state index >= 15 is 28.8 Å². The van der Waals surface area contributed by atoms with Crippen LogP contribution in [0.2, 0.25) is 0 Å². The second-order valence-electron chi connectivity index (χ2n) is 25.3. The molecule has 22 nitrogen and oxygen atoms in total. The minimum Gasteiger partial charge on any atom is -0.371 e. The summed E-state index contributed by atoms with van der Waals surface area (Å²) in [5.41, 5.74) is -8.18. The molecule has 15 rings (SSSR count). The number of unbranched alkanes of at least 4 members (excludes halogenated alkanes) is 10. The van der Waals surface area contributed by atoms with Crippen LogP contribution in [0.4, 0.5) is 17.1 Å². The third-order valence-corrected chi connectivity index (χ3v) is 19.7. The summed E-state index contributed by atoms with van der Waals surface area (Å²) in [7, 11) is 0. The Hall–Kier alpha value is -11.2. The second-order valence-corrected chi connectivity index (χ2v) is 25.3. The molecule has 6 amide bonds. The monoisotopic (exact) mass is 1270 g/mol. The molecule has 476 valence electrons. The van der Waals surface area contributed by atoms with E-state index in [1.54, 1.807) is 18.2 Å². The van der Waals surface area contributed by atoms with Crippen LogP contribution in [0.25, 0.3) is 70.3 Å². The minimum atomic E-state index is -1.24. The van der Waals surface area contributed by atoms with Crippen molar-refractivity contribution in [2.24, 2.45) is 0 Å². The van der Waals surface area contributed by atoms with Gasteiger partial charge in [-0.1, -0.05) is 90.2 Å². The molecule has 7 aromatic carbocycles. The number of anilines is 3. The predicted octanol–water partition coefficient (Wildman–Crippen LogP) is 8.65. The number of benzene rings is 7. The van der Waals surface area contributed by atoms with Gasteiger partial charge in [-0.3, -0.25) is 76.6 Å². The summed E-state index contributed by atoms with van der Waals surface area (Å²) in [5.74, 6) is -4.72. The average Bonchev–Trinajstić information content (AvgIpc) is 1.28. The maximum absolute atomic E-state index is 15.3. The largest absolute Gasteiger partial charge is 0.371 e. The molecular weight excluding hydrogens is 1210 g/mol. The van der Waals surface area contributed by atoms with Gasteiger partial charge in [-0.05, 0) is 117 Å². The Labute approximate surface area is 537 Å². The molecule has 4 aliphatic heterocycles. The van der Waals surface area contributed by atoms with Crippen molar-refractivity contribution in [1.29, 1.82) is 0 Å². The summed E-state index contributed by atoms with van der Waals surface area (Å²) in [5, 5.41) is -1.53. The van der Waals surface area contributed by atoms with E-state index in [1.807, 2.05) is 12.1 Å². The Bertz CT molecular complexity index is 5510. The Morgan fingerprint density at radius 1 is 0.316 bits per heavy atom. The van der Waals surface area contributed by atoms with Gasteiger partial charge in [-0.15, -0.1) is 0 Å². The number of aromatic nitrogens is 4. The van der Waals surface area contributed by atoms with Gasteiger partial charge in [-0.25, -0.2) is 14.4 Å². The van der Waals surface area contributed by atoms with E-state index < -0.39 is 101 Å². The lowest BCUT2D eigenvalue weighted by Gasteiger charge is -2.33. The van der Waals surface area contributed by atoms with Crippen LogP contribution in [-0.2, 0) is 6.54 Å². The molecule has 0 aliphatic carbocycles. The fraction of sp³-hybridized carbons (Fsp3) is 0.288. The van der Waals surface area contributed by atoms with Crippen molar-refractivity contribution >= 4 is 117 Å². The molecule has 11 aromatic rings. The molecule has 1 saturated heterocycles. The first-order valence-electron chi connectivity index (χ1n) is 32.5. The molecule has 0 unspecified atom stereocenters. The van der Waals surface area contributed by atoms with Crippen LogP contribution in [0.5, 0.6) is 0 Å². The van der Waals surface area contributed by atoms with E-state index in [0.29, 0.717) is 28.2 Å². The van der Waals surface area contributed by atoms with E-state index in [-0.39, 0.29) is 105 Å². The van der Waals surface area contributed by atoms with Gasteiger partial charge < -0.3 is 4.90 Å². The minimum absolute atomic E-state index is 0.0549. The van der Waals surface area contributed by atoms with Crippen LogP contribution in [0, 0.1) is 0 Å². The van der Waals surface area contributed by atoms with Crippen LogP contribution < -0.4 is 59.2 Å². The number of nitrogens with zero attached hydrogens (tertiary/aromatic N) is 8. The summed E-state index contributed by atoms with van der Waals surface area (Å²) in [6, 6.07) is 21.8. The van der Waals surface area contributed by atoms with Crippen molar-refractivity contribution in [1.82, 2.24) is 23.4 Å². The number of rotatable bonds is 19. The Kier molecular flexibility index (Phi) is 14.5. The Balaban J connectivity index is 0.844. The van der Waals surface area contributed by atoms with E-state index in [1.165, 1.54) is 41.3 Å². The second kappa shape index (κ2) is 22.8. The number of carbonyl (C=O) groups excluding carboxylic acids is 6. The molecule has 0 radical (unpaired) electrons. The highest BCUT2D eigenvalue weighted by Crippen LogP contribution is 2.43. The van der Waals surface area contributed by atoms with E-state index in [2.05, 4.69) is 18.7 Å². The van der Waals surface area contributed by atoms with Crippen molar-refractivity contribution in [2.75, 3.05) is 34.3 Å². The van der Waals surface area contributed by atoms with Gasteiger partial charge >= 0.3 is 0 Å². The fourth-order valence-electron chi connectivity index (χ4n) is 14.9. The van der Waals surface area contributed by atoms with Gasteiger partial charge in [0, 0.05) is 86.8 Å². The zero-order valence-corrected chi connectivity index (χ0v) is 52.0. The molecule has 22 heteroatoms. The maximum Gasteiger partial charge on any atom is 0.281 e. The van der Waals surface area contributed by atoms with Crippen molar-refractivity contribution in [3.8, 4) is 5.69 Å². The van der Waals surface area contributed by atoms with Gasteiger partial charge in [0.05, 0.1) is 60.2 Å². The average molecular weight is 1270 g/mol. The zero-order chi connectivity index (χ0) is 66.2. The van der Waals surface area contributed by atoms with E-state index in [4.69, 9.17) is 0 Å². The highest BCUT2D eigenvalue weighted by Gasteiger charge is 2.42. The van der Waals surface area contributed by atoms with Gasteiger partial charge in [0.25, 0.3) is 79.9 Å². The third-order valence-electron chi connectivity index (χ3n) is 19.7. The molecule has 1 fully saturated rings. The summed E-state index contributed by atoms with van der Waals surface area (Å²) in [6.45, 7) is 6.03. The van der Waals surface area contributed by atoms with Crippen molar-refractivity contribution in [2.45, 2.75) is 117 Å². The maximum atomic E-state index is 15.3. The van der Waals surface area contributed by atoms with E-state index in [0.717, 1.165) is 147 Å². The van der Waals surface area contributed by atoms with Gasteiger partial charge in [-0.2, -0.15) is 9.35 Å². The van der Waals surface area contributed by atoms with Crippen LogP contribution in [0.15, 0.2) is 135 Å². The number of hydrogen-bond acceptors (Lipinski definition) is 15. The molecule has 0 bridgehead atoms. The standard InChI is InChI=1S/C73H60N8O14/c1-3-5-7-9-11-16-29-75-60(82)44-21-23-46-59-47(24-22-45(58(44)59)61(75)83)67(89)78(66(46)88)39-31-38(77-64(86)42-20-18-19-41-56(74-27-14-13-15-28-74)26-25-43(57(41)42)65(77)87)32-40(33-39)79-68(90)50-36-54-55(37-51(50)69(79)91)73(95)81(72(54)94)80-70(92)52-34-48-49(35-53(52)71(80)93)63(85)76(62(48)84)30-17-12-10-8-6-4-2/h18-26,31-37H,3-17,27-30H2,1-2H3. The van der Waals surface area contributed by atoms with Gasteiger partial charge in [0.15, 0.2) is 0 Å². The number of carbonyl (C=O) groups is 6. The summed E-state index contributed by atoms with van der Waals surface area (Å²) in [4.78, 5) is 209. The van der Waals surface area contributed by atoms with Crippen LogP contribution in [0.1, 0.15) is 172 Å². The SMILES string of the molecule is CCCCCCCCN1C(=O)c2ccc3c4c(ccc(c24)C1=O)C(=O)N(c1cc(N2C(=O)c4cccc5c(N6CCCCC6)ccc(c45)C2=O)cc(-n2c(=O)c4cc5c(=O)n(-n6c(=O)c7cc8c(=O)n(CCCCCCCC)c(=O)c8cc7c6=O)c(=O)c5cc4c2=O)c1)C3=O. The van der Waals surface area contributed by atoms with Crippen LogP contribution in [0.3, 0.4) is 0 Å². The van der Waals surface area contributed by atoms with Crippen molar-refractivity contribution < 1.29 is 28.8 Å². The molecule has 8 heterocycles.